The van der Waals surface area contributed by atoms with Crippen LogP contribution in [0.2, 0.25) is 0 Å². The normalized spacial score (nSPS) is 11.2. The van der Waals surface area contributed by atoms with Crippen molar-refractivity contribution >= 4 is 23.1 Å². The largest absolute Gasteiger partial charge is 0.497 e. The Bertz CT molecular complexity index is 1460. The van der Waals surface area contributed by atoms with Crippen molar-refractivity contribution < 1.29 is 19.0 Å². The number of fused-ring (bicyclic) bond motifs is 1. The second-order valence-electron chi connectivity index (χ2n) is 8.03. The first kappa shape index (κ1) is 23.7. The van der Waals surface area contributed by atoms with E-state index in [4.69, 9.17) is 14.2 Å². The van der Waals surface area contributed by atoms with E-state index in [1.807, 2.05) is 26.0 Å². The van der Waals surface area contributed by atoms with Crippen molar-refractivity contribution in [3.05, 3.63) is 94.0 Å². The quantitative estimate of drug-likeness (QED) is 0.222. The van der Waals surface area contributed by atoms with Crippen LogP contribution in [0.15, 0.2) is 76.6 Å². The van der Waals surface area contributed by atoms with Gasteiger partial charge in [-0.25, -0.2) is 9.78 Å². The number of hydrogen-bond donors (Lipinski definition) is 0. The van der Waals surface area contributed by atoms with E-state index in [9.17, 15) is 9.59 Å². The first-order valence-corrected chi connectivity index (χ1v) is 11.0. The van der Waals surface area contributed by atoms with E-state index in [0.29, 0.717) is 39.4 Å². The highest BCUT2D eigenvalue weighted by molar-refractivity contribution is 5.91. The van der Waals surface area contributed by atoms with Crippen molar-refractivity contribution in [1.82, 2.24) is 9.66 Å². The number of nitrogens with zero attached hydrogens (tertiary/aromatic N) is 3. The molecule has 35 heavy (non-hydrogen) atoms. The molecule has 4 aromatic rings. The summed E-state index contributed by atoms with van der Waals surface area (Å²) in [5.41, 5.74) is 1.42. The molecule has 0 radical (unpaired) electrons. The van der Waals surface area contributed by atoms with E-state index >= 15 is 0 Å². The zero-order valence-corrected chi connectivity index (χ0v) is 19.9. The third kappa shape index (κ3) is 5.06. The average molecular weight is 472 g/mol. The van der Waals surface area contributed by atoms with E-state index in [0.717, 1.165) is 0 Å². The molecule has 0 aliphatic carbocycles. The minimum atomic E-state index is -0.525. The summed E-state index contributed by atoms with van der Waals surface area (Å²) in [4.78, 5) is 30.2. The number of benzene rings is 3. The molecule has 0 atom stereocenters. The van der Waals surface area contributed by atoms with Crippen LogP contribution in [0.25, 0.3) is 10.9 Å². The van der Waals surface area contributed by atoms with E-state index in [2.05, 4.69) is 10.1 Å². The number of para-hydroxylation sites is 1. The van der Waals surface area contributed by atoms with Crippen LogP contribution in [0.1, 0.15) is 41.5 Å². The van der Waals surface area contributed by atoms with Crippen LogP contribution in [-0.2, 0) is 0 Å². The lowest BCUT2D eigenvalue weighted by molar-refractivity contribution is 0.0729. The van der Waals surface area contributed by atoms with Crippen molar-refractivity contribution in [2.75, 3.05) is 14.2 Å². The Morgan fingerprint density at radius 1 is 0.971 bits per heavy atom. The highest BCUT2D eigenvalue weighted by atomic mass is 16.6. The molecule has 0 bridgehead atoms. The van der Waals surface area contributed by atoms with Crippen molar-refractivity contribution in [1.29, 1.82) is 0 Å². The maximum absolute atomic E-state index is 13.1. The van der Waals surface area contributed by atoms with E-state index in [1.54, 1.807) is 67.9 Å². The van der Waals surface area contributed by atoms with Gasteiger partial charge in [0.2, 0.25) is 0 Å². The van der Waals surface area contributed by atoms with Crippen LogP contribution >= 0.6 is 0 Å². The first-order chi connectivity index (χ1) is 16.9. The molecule has 8 nitrogen and oxygen atoms in total. The third-order valence-corrected chi connectivity index (χ3v) is 5.33. The predicted molar refractivity (Wildman–Crippen MR) is 134 cm³/mol. The molecular formula is C27H25N3O5. The monoisotopic (exact) mass is 471 g/mol. The Labute approximate surface area is 202 Å². The Morgan fingerprint density at radius 3 is 2.40 bits per heavy atom. The zero-order chi connectivity index (χ0) is 24.9. The van der Waals surface area contributed by atoms with Crippen molar-refractivity contribution in [3.63, 3.8) is 0 Å². The molecule has 0 aliphatic heterocycles. The molecule has 8 heteroatoms. The molecule has 0 unspecified atom stereocenters. The molecule has 1 aromatic heterocycles. The maximum Gasteiger partial charge on any atom is 0.343 e. The first-order valence-electron chi connectivity index (χ1n) is 11.0. The molecule has 0 fully saturated rings. The number of aromatic nitrogens is 2. The van der Waals surface area contributed by atoms with E-state index < -0.39 is 5.97 Å². The van der Waals surface area contributed by atoms with Gasteiger partial charge in [-0.05, 0) is 60.2 Å². The molecule has 0 aliphatic rings. The van der Waals surface area contributed by atoms with Crippen LogP contribution in [0.3, 0.4) is 0 Å². The lowest BCUT2D eigenvalue weighted by Crippen LogP contribution is -2.23. The number of hydrogen-bond acceptors (Lipinski definition) is 7. The van der Waals surface area contributed by atoms with Crippen LogP contribution in [-0.4, -0.2) is 36.1 Å². The molecule has 0 N–H and O–H groups in total. The number of esters is 1. The van der Waals surface area contributed by atoms with Gasteiger partial charge < -0.3 is 14.2 Å². The molecule has 178 valence electrons. The molecule has 1 heterocycles. The van der Waals surface area contributed by atoms with Gasteiger partial charge >= 0.3 is 5.97 Å². The van der Waals surface area contributed by atoms with Gasteiger partial charge in [0.15, 0.2) is 11.5 Å². The van der Waals surface area contributed by atoms with Gasteiger partial charge in [-0.2, -0.15) is 9.78 Å². The SMILES string of the molecule is COc1ccc(C(=O)Oc2ccc(C=Nn3c(C(C)C)nc4ccccc4c3=O)cc2OC)cc1. The second-order valence-corrected chi connectivity index (χ2v) is 8.03. The summed E-state index contributed by atoms with van der Waals surface area (Å²) in [7, 11) is 3.04. The number of methoxy groups -OCH3 is 2. The fourth-order valence-electron chi connectivity index (χ4n) is 3.49. The van der Waals surface area contributed by atoms with Gasteiger partial charge in [-0.15, -0.1) is 0 Å². The number of carbonyl (C=O) groups excluding carboxylic acids is 1. The summed E-state index contributed by atoms with van der Waals surface area (Å²) < 4.78 is 17.4. The van der Waals surface area contributed by atoms with Gasteiger partial charge in [-0.3, -0.25) is 4.79 Å². The molecule has 0 saturated heterocycles. The summed E-state index contributed by atoms with van der Waals surface area (Å²) in [6, 6.07) is 18.8. The zero-order valence-electron chi connectivity index (χ0n) is 19.9. The minimum absolute atomic E-state index is 0.0151. The lowest BCUT2D eigenvalue weighted by atomic mass is 10.2. The Balaban J connectivity index is 1.62. The van der Waals surface area contributed by atoms with Crippen molar-refractivity contribution in [2.24, 2.45) is 5.10 Å². The van der Waals surface area contributed by atoms with E-state index in [1.165, 1.54) is 11.8 Å². The fraction of sp³-hybridized carbons (Fsp3) is 0.185. The Morgan fingerprint density at radius 2 is 1.71 bits per heavy atom. The molecule has 0 spiro atoms. The van der Waals surface area contributed by atoms with Gasteiger partial charge in [0.05, 0.1) is 36.9 Å². The standard InChI is InChI=1S/C27H25N3O5/c1-17(2)25-29-22-8-6-5-7-21(22)26(31)30(25)28-16-18-9-14-23(24(15-18)34-4)35-27(32)19-10-12-20(33-3)13-11-19/h5-17H,1-4H3. The minimum Gasteiger partial charge on any atom is -0.497 e. The number of rotatable bonds is 7. The van der Waals surface area contributed by atoms with Gasteiger partial charge in [0.25, 0.3) is 5.56 Å². The van der Waals surface area contributed by atoms with Crippen LogP contribution in [0.4, 0.5) is 0 Å². The maximum atomic E-state index is 13.1. The van der Waals surface area contributed by atoms with Crippen LogP contribution < -0.4 is 19.8 Å². The van der Waals surface area contributed by atoms with Gasteiger partial charge in [0, 0.05) is 5.92 Å². The number of ether oxygens (including phenoxy) is 3. The predicted octanol–water partition coefficient (Wildman–Crippen LogP) is 4.64. The molecular weight excluding hydrogens is 446 g/mol. The van der Waals surface area contributed by atoms with E-state index in [-0.39, 0.29) is 17.2 Å². The topological polar surface area (TPSA) is 92.0 Å². The summed E-state index contributed by atoms with van der Waals surface area (Å²) in [6.07, 6.45) is 1.54. The molecule has 0 amide bonds. The fourth-order valence-corrected chi connectivity index (χ4v) is 3.49. The van der Waals surface area contributed by atoms with Crippen LogP contribution in [0, 0.1) is 0 Å². The van der Waals surface area contributed by atoms with Crippen molar-refractivity contribution in [3.8, 4) is 17.2 Å². The average Bonchev–Trinajstić information content (AvgIpc) is 2.88. The second kappa shape index (κ2) is 10.2. The summed E-state index contributed by atoms with van der Waals surface area (Å²) >= 11 is 0. The molecule has 4 rings (SSSR count). The molecule has 0 saturated carbocycles. The third-order valence-electron chi connectivity index (χ3n) is 5.33. The van der Waals surface area contributed by atoms with Gasteiger partial charge in [0.1, 0.15) is 11.6 Å². The summed E-state index contributed by atoms with van der Waals surface area (Å²) in [5.74, 6) is 1.27. The highest BCUT2D eigenvalue weighted by Gasteiger charge is 2.15. The number of carbonyl (C=O) groups is 1. The van der Waals surface area contributed by atoms with Crippen molar-refractivity contribution in [2.45, 2.75) is 19.8 Å². The Kier molecular flexibility index (Phi) is 6.91. The summed E-state index contributed by atoms with van der Waals surface area (Å²) in [5, 5.41) is 4.91. The summed E-state index contributed by atoms with van der Waals surface area (Å²) in [6.45, 7) is 3.91. The highest BCUT2D eigenvalue weighted by Crippen LogP contribution is 2.28. The smallest absolute Gasteiger partial charge is 0.343 e. The lowest BCUT2D eigenvalue weighted by Gasteiger charge is -2.12. The Hall–Kier alpha value is -4.46. The van der Waals surface area contributed by atoms with Crippen LogP contribution in [0.5, 0.6) is 17.2 Å². The molecule has 3 aromatic carbocycles. The van der Waals surface area contributed by atoms with Gasteiger partial charge in [-0.1, -0.05) is 26.0 Å².